The number of benzene rings is 4. The molecule has 0 aliphatic heterocycles. The van der Waals surface area contributed by atoms with Gasteiger partial charge in [-0.15, -0.1) is 0 Å². The average Bonchev–Trinajstić information content (AvgIpc) is 2.75. The van der Waals surface area contributed by atoms with Crippen LogP contribution in [0.4, 0.5) is 5.69 Å². The lowest BCUT2D eigenvalue weighted by Crippen LogP contribution is -2.30. The van der Waals surface area contributed by atoms with E-state index in [4.69, 9.17) is 4.74 Å². The number of hydrogen-bond donors (Lipinski definition) is 1. The minimum absolute atomic E-state index is 0.181. The monoisotopic (exact) mass is 399 g/mol. The number of rotatable bonds is 6. The highest BCUT2D eigenvalue weighted by atomic mass is 32.2. The van der Waals surface area contributed by atoms with Gasteiger partial charge in [-0.3, -0.25) is 4.79 Å². The van der Waals surface area contributed by atoms with Gasteiger partial charge < -0.3 is 10.1 Å². The molecule has 1 atom stereocenters. The number of para-hydroxylation sites is 1. The zero-order valence-electron chi connectivity index (χ0n) is 16.0. The van der Waals surface area contributed by atoms with Crippen molar-refractivity contribution in [2.45, 2.75) is 22.8 Å². The molecule has 4 aromatic carbocycles. The molecule has 0 aliphatic rings. The van der Waals surface area contributed by atoms with Crippen molar-refractivity contribution >= 4 is 34.1 Å². The van der Waals surface area contributed by atoms with E-state index in [1.54, 1.807) is 18.7 Å². The third-order valence-corrected chi connectivity index (χ3v) is 5.60. The molecule has 1 amide bonds. The van der Waals surface area contributed by atoms with E-state index in [0.717, 1.165) is 26.3 Å². The summed E-state index contributed by atoms with van der Waals surface area (Å²) in [7, 11) is 0. The Morgan fingerprint density at radius 1 is 0.828 bits per heavy atom. The number of amides is 1. The van der Waals surface area contributed by atoms with Crippen molar-refractivity contribution in [2.24, 2.45) is 0 Å². The van der Waals surface area contributed by atoms with E-state index in [2.05, 4.69) is 23.5 Å². The Morgan fingerprint density at radius 3 is 2.34 bits per heavy atom. The second-order valence-electron chi connectivity index (χ2n) is 6.67. The van der Waals surface area contributed by atoms with Gasteiger partial charge in [-0.25, -0.2) is 0 Å². The minimum Gasteiger partial charge on any atom is -0.481 e. The molecule has 4 aromatic rings. The number of anilines is 1. The highest BCUT2D eigenvalue weighted by Gasteiger charge is 2.17. The molecule has 0 heterocycles. The van der Waals surface area contributed by atoms with Gasteiger partial charge in [0.15, 0.2) is 6.10 Å². The standard InChI is InChI=1S/C25H21NO2S/c1-18(28-21-16-15-19-9-5-6-10-20(19)17-21)25(27)26-23-13-7-8-14-24(23)29-22-11-3-2-4-12-22/h2-18H,1H3,(H,26,27). The van der Waals surface area contributed by atoms with Crippen molar-refractivity contribution in [3.63, 3.8) is 0 Å². The molecule has 0 fully saturated rings. The fraction of sp³-hybridized carbons (Fsp3) is 0.0800. The number of nitrogens with one attached hydrogen (secondary N) is 1. The van der Waals surface area contributed by atoms with Crippen LogP contribution in [-0.4, -0.2) is 12.0 Å². The summed E-state index contributed by atoms with van der Waals surface area (Å²) in [6.45, 7) is 1.76. The first-order valence-corrected chi connectivity index (χ1v) is 10.3. The van der Waals surface area contributed by atoms with Crippen molar-refractivity contribution in [1.82, 2.24) is 0 Å². The highest BCUT2D eigenvalue weighted by molar-refractivity contribution is 7.99. The first-order chi connectivity index (χ1) is 14.2. The molecule has 4 rings (SSSR count). The lowest BCUT2D eigenvalue weighted by atomic mass is 10.1. The summed E-state index contributed by atoms with van der Waals surface area (Å²) in [6, 6.07) is 31.8. The molecule has 3 nitrogen and oxygen atoms in total. The Kier molecular flexibility index (Phi) is 5.82. The summed E-state index contributed by atoms with van der Waals surface area (Å²) in [5.41, 5.74) is 0.778. The average molecular weight is 400 g/mol. The molecule has 1 N–H and O–H groups in total. The minimum atomic E-state index is -0.619. The van der Waals surface area contributed by atoms with Gasteiger partial charge >= 0.3 is 0 Å². The predicted octanol–water partition coefficient (Wildman–Crippen LogP) is 6.40. The highest BCUT2D eigenvalue weighted by Crippen LogP contribution is 2.33. The zero-order valence-corrected chi connectivity index (χ0v) is 16.9. The number of hydrogen-bond acceptors (Lipinski definition) is 3. The maximum atomic E-state index is 12.7. The topological polar surface area (TPSA) is 38.3 Å². The SMILES string of the molecule is CC(Oc1ccc2ccccc2c1)C(=O)Nc1ccccc1Sc1ccccc1. The van der Waals surface area contributed by atoms with Crippen LogP contribution in [0.5, 0.6) is 5.75 Å². The fourth-order valence-corrected chi connectivity index (χ4v) is 3.93. The van der Waals surface area contributed by atoms with Crippen molar-refractivity contribution in [1.29, 1.82) is 0 Å². The number of carbonyl (C=O) groups is 1. The molecule has 1 unspecified atom stereocenters. The Hall–Kier alpha value is -3.24. The summed E-state index contributed by atoms with van der Waals surface area (Å²) in [4.78, 5) is 14.9. The summed E-state index contributed by atoms with van der Waals surface area (Å²) >= 11 is 1.62. The fourth-order valence-electron chi connectivity index (χ4n) is 3.01. The van der Waals surface area contributed by atoms with Crippen LogP contribution in [0.25, 0.3) is 10.8 Å². The zero-order chi connectivity index (χ0) is 20.1. The first kappa shape index (κ1) is 19.1. The lowest BCUT2D eigenvalue weighted by molar-refractivity contribution is -0.122. The second kappa shape index (κ2) is 8.84. The summed E-state index contributed by atoms with van der Waals surface area (Å²) < 4.78 is 5.90. The van der Waals surface area contributed by atoms with Gasteiger partial charge in [0.2, 0.25) is 0 Å². The van der Waals surface area contributed by atoms with E-state index in [1.165, 1.54) is 0 Å². The molecule has 0 aromatic heterocycles. The molecule has 29 heavy (non-hydrogen) atoms. The van der Waals surface area contributed by atoms with Crippen LogP contribution in [0.15, 0.2) is 107 Å². The van der Waals surface area contributed by atoms with E-state index in [9.17, 15) is 4.79 Å². The molecule has 0 spiro atoms. The van der Waals surface area contributed by atoms with E-state index in [1.807, 2.05) is 78.9 Å². The second-order valence-corrected chi connectivity index (χ2v) is 7.78. The van der Waals surface area contributed by atoms with Gasteiger partial charge in [0.05, 0.1) is 5.69 Å². The van der Waals surface area contributed by atoms with E-state index in [0.29, 0.717) is 5.75 Å². The molecule has 0 saturated carbocycles. The molecule has 0 radical (unpaired) electrons. The Labute approximate surface area is 174 Å². The van der Waals surface area contributed by atoms with Gasteiger partial charge in [0.25, 0.3) is 5.91 Å². The molecule has 144 valence electrons. The van der Waals surface area contributed by atoms with Crippen LogP contribution in [0.3, 0.4) is 0 Å². The van der Waals surface area contributed by atoms with Crippen molar-refractivity contribution in [3.8, 4) is 5.75 Å². The van der Waals surface area contributed by atoms with Gasteiger partial charge in [-0.1, -0.05) is 72.4 Å². The van der Waals surface area contributed by atoms with Crippen LogP contribution in [0.1, 0.15) is 6.92 Å². The number of carbonyl (C=O) groups excluding carboxylic acids is 1. The van der Waals surface area contributed by atoms with Gasteiger partial charge in [0, 0.05) is 9.79 Å². The normalized spacial score (nSPS) is 11.8. The molecular formula is C25H21NO2S. The van der Waals surface area contributed by atoms with Crippen LogP contribution in [0, 0.1) is 0 Å². The predicted molar refractivity (Wildman–Crippen MR) is 120 cm³/mol. The van der Waals surface area contributed by atoms with Crippen molar-refractivity contribution in [3.05, 3.63) is 97.1 Å². The maximum Gasteiger partial charge on any atom is 0.265 e. The Balaban J connectivity index is 1.46. The summed E-state index contributed by atoms with van der Waals surface area (Å²) in [6.07, 6.45) is -0.619. The van der Waals surface area contributed by atoms with E-state index >= 15 is 0 Å². The van der Waals surface area contributed by atoms with E-state index in [-0.39, 0.29) is 5.91 Å². The molecule has 4 heteroatoms. The molecule has 0 saturated heterocycles. The first-order valence-electron chi connectivity index (χ1n) is 9.47. The van der Waals surface area contributed by atoms with Crippen LogP contribution >= 0.6 is 11.8 Å². The van der Waals surface area contributed by atoms with Gasteiger partial charge in [-0.2, -0.15) is 0 Å². The largest absolute Gasteiger partial charge is 0.481 e. The lowest BCUT2D eigenvalue weighted by Gasteiger charge is -2.17. The maximum absolute atomic E-state index is 12.7. The van der Waals surface area contributed by atoms with Gasteiger partial charge in [-0.05, 0) is 54.1 Å². The molecule has 0 aliphatic carbocycles. The van der Waals surface area contributed by atoms with Crippen LogP contribution in [0.2, 0.25) is 0 Å². The molecular weight excluding hydrogens is 378 g/mol. The number of ether oxygens (including phenoxy) is 1. The van der Waals surface area contributed by atoms with Crippen LogP contribution < -0.4 is 10.1 Å². The quantitative estimate of drug-likeness (QED) is 0.408. The smallest absolute Gasteiger partial charge is 0.265 e. The van der Waals surface area contributed by atoms with Crippen molar-refractivity contribution < 1.29 is 9.53 Å². The third kappa shape index (κ3) is 4.79. The van der Waals surface area contributed by atoms with E-state index < -0.39 is 6.10 Å². The summed E-state index contributed by atoms with van der Waals surface area (Å²) in [5, 5.41) is 5.23. The third-order valence-electron chi connectivity index (χ3n) is 4.52. The summed E-state index contributed by atoms with van der Waals surface area (Å²) in [5.74, 6) is 0.498. The number of fused-ring (bicyclic) bond motifs is 1. The molecule has 0 bridgehead atoms. The Morgan fingerprint density at radius 2 is 1.52 bits per heavy atom. The van der Waals surface area contributed by atoms with Gasteiger partial charge in [0.1, 0.15) is 5.75 Å². The van der Waals surface area contributed by atoms with Crippen molar-refractivity contribution in [2.75, 3.05) is 5.32 Å². The Bertz CT molecular complexity index is 1130. The van der Waals surface area contributed by atoms with Crippen LogP contribution in [-0.2, 0) is 4.79 Å².